The zero-order valence-electron chi connectivity index (χ0n) is 11.3. The van der Waals surface area contributed by atoms with Gasteiger partial charge in [-0.1, -0.05) is 0 Å². The van der Waals surface area contributed by atoms with Crippen molar-refractivity contribution in [3.05, 3.63) is 42.1 Å². The van der Waals surface area contributed by atoms with Gasteiger partial charge in [0.25, 0.3) is 0 Å². The van der Waals surface area contributed by atoms with Crippen LogP contribution in [0.4, 0.5) is 11.4 Å². The zero-order chi connectivity index (χ0) is 13.1. The standard InChI is InChI=1S/C14H19N3O/c1-10-5-6-14(18-10)11(2)16-12-9-15-8-7-13(12)17(3)4/h5-9,11,16H,1-4H3. The van der Waals surface area contributed by atoms with E-state index in [4.69, 9.17) is 4.42 Å². The Labute approximate surface area is 108 Å². The van der Waals surface area contributed by atoms with E-state index in [0.717, 1.165) is 22.9 Å². The van der Waals surface area contributed by atoms with E-state index in [2.05, 4.69) is 22.1 Å². The Balaban J connectivity index is 2.19. The van der Waals surface area contributed by atoms with Crippen molar-refractivity contribution in [3.8, 4) is 0 Å². The molecule has 2 rings (SSSR count). The summed E-state index contributed by atoms with van der Waals surface area (Å²) in [5, 5.41) is 3.42. The number of hydrogen-bond donors (Lipinski definition) is 1. The molecule has 0 fully saturated rings. The largest absolute Gasteiger partial charge is 0.464 e. The number of nitrogens with zero attached hydrogens (tertiary/aromatic N) is 2. The predicted octanol–water partition coefficient (Wildman–Crippen LogP) is 3.22. The summed E-state index contributed by atoms with van der Waals surface area (Å²) in [6.07, 6.45) is 3.63. The summed E-state index contributed by atoms with van der Waals surface area (Å²) in [5.74, 6) is 1.86. The van der Waals surface area contributed by atoms with Crippen LogP contribution in [-0.4, -0.2) is 19.1 Å². The highest BCUT2D eigenvalue weighted by Crippen LogP contribution is 2.27. The van der Waals surface area contributed by atoms with E-state index in [1.54, 1.807) is 6.20 Å². The van der Waals surface area contributed by atoms with Crippen molar-refractivity contribution in [2.45, 2.75) is 19.9 Å². The molecule has 4 nitrogen and oxygen atoms in total. The van der Waals surface area contributed by atoms with Gasteiger partial charge in [0, 0.05) is 20.3 Å². The van der Waals surface area contributed by atoms with Gasteiger partial charge in [0.05, 0.1) is 23.6 Å². The normalized spacial score (nSPS) is 12.2. The van der Waals surface area contributed by atoms with Gasteiger partial charge < -0.3 is 14.6 Å². The second-order valence-corrected chi connectivity index (χ2v) is 4.60. The minimum Gasteiger partial charge on any atom is -0.464 e. The average Bonchev–Trinajstić information content (AvgIpc) is 2.76. The molecule has 0 aliphatic heterocycles. The van der Waals surface area contributed by atoms with E-state index in [1.807, 2.05) is 45.4 Å². The summed E-state index contributed by atoms with van der Waals surface area (Å²) >= 11 is 0. The van der Waals surface area contributed by atoms with Crippen molar-refractivity contribution in [1.82, 2.24) is 4.98 Å². The fourth-order valence-electron chi connectivity index (χ4n) is 1.88. The number of furan rings is 1. The molecule has 2 heterocycles. The number of anilines is 2. The van der Waals surface area contributed by atoms with Gasteiger partial charge in [0.1, 0.15) is 11.5 Å². The van der Waals surface area contributed by atoms with Crippen LogP contribution in [0, 0.1) is 6.92 Å². The number of rotatable bonds is 4. The van der Waals surface area contributed by atoms with Gasteiger partial charge in [-0.2, -0.15) is 0 Å². The van der Waals surface area contributed by atoms with Gasteiger partial charge in [-0.25, -0.2) is 0 Å². The molecule has 4 heteroatoms. The van der Waals surface area contributed by atoms with Crippen LogP contribution in [0.3, 0.4) is 0 Å². The van der Waals surface area contributed by atoms with Gasteiger partial charge in [-0.15, -0.1) is 0 Å². The molecule has 1 unspecified atom stereocenters. The first-order valence-electron chi connectivity index (χ1n) is 6.02. The van der Waals surface area contributed by atoms with E-state index in [-0.39, 0.29) is 6.04 Å². The Morgan fingerprint density at radius 1 is 1.28 bits per heavy atom. The SMILES string of the molecule is Cc1ccc(C(C)Nc2cnccc2N(C)C)o1. The highest BCUT2D eigenvalue weighted by Gasteiger charge is 2.12. The molecular weight excluding hydrogens is 226 g/mol. The summed E-state index contributed by atoms with van der Waals surface area (Å²) in [7, 11) is 4.03. The van der Waals surface area contributed by atoms with E-state index >= 15 is 0 Å². The van der Waals surface area contributed by atoms with Crippen molar-refractivity contribution in [2.75, 3.05) is 24.3 Å². The number of hydrogen-bond acceptors (Lipinski definition) is 4. The van der Waals surface area contributed by atoms with E-state index < -0.39 is 0 Å². The first-order valence-corrected chi connectivity index (χ1v) is 6.02. The third-order valence-corrected chi connectivity index (χ3v) is 2.84. The Morgan fingerprint density at radius 2 is 2.06 bits per heavy atom. The van der Waals surface area contributed by atoms with Crippen molar-refractivity contribution in [2.24, 2.45) is 0 Å². The van der Waals surface area contributed by atoms with Crippen LogP contribution in [0.25, 0.3) is 0 Å². The lowest BCUT2D eigenvalue weighted by molar-refractivity contribution is 0.467. The number of pyridine rings is 1. The number of aryl methyl sites for hydroxylation is 1. The molecule has 0 aliphatic carbocycles. The Bertz CT molecular complexity index is 519. The van der Waals surface area contributed by atoms with Crippen LogP contribution >= 0.6 is 0 Å². The average molecular weight is 245 g/mol. The minimum atomic E-state index is 0.113. The summed E-state index contributed by atoms with van der Waals surface area (Å²) in [5.41, 5.74) is 2.11. The molecule has 96 valence electrons. The van der Waals surface area contributed by atoms with Crippen LogP contribution in [0.5, 0.6) is 0 Å². The van der Waals surface area contributed by atoms with Crippen LogP contribution in [0.1, 0.15) is 24.5 Å². The van der Waals surface area contributed by atoms with Crippen molar-refractivity contribution >= 4 is 11.4 Å². The first kappa shape index (κ1) is 12.5. The van der Waals surface area contributed by atoms with E-state index in [1.165, 1.54) is 0 Å². The highest BCUT2D eigenvalue weighted by molar-refractivity contribution is 5.68. The Hall–Kier alpha value is -1.97. The maximum absolute atomic E-state index is 5.62. The van der Waals surface area contributed by atoms with Gasteiger partial charge >= 0.3 is 0 Å². The quantitative estimate of drug-likeness (QED) is 0.898. The van der Waals surface area contributed by atoms with Crippen LogP contribution in [0.2, 0.25) is 0 Å². The summed E-state index contributed by atoms with van der Waals surface area (Å²) in [4.78, 5) is 6.22. The molecule has 2 aromatic heterocycles. The number of aromatic nitrogens is 1. The molecule has 1 atom stereocenters. The lowest BCUT2D eigenvalue weighted by Gasteiger charge is -2.20. The van der Waals surface area contributed by atoms with Crippen molar-refractivity contribution in [3.63, 3.8) is 0 Å². The molecule has 0 saturated heterocycles. The van der Waals surface area contributed by atoms with Crippen LogP contribution < -0.4 is 10.2 Å². The summed E-state index contributed by atoms with van der Waals surface area (Å²) in [6, 6.07) is 6.08. The van der Waals surface area contributed by atoms with Gasteiger partial charge in [-0.3, -0.25) is 4.98 Å². The molecule has 0 saturated carbocycles. The molecule has 0 aliphatic rings. The Kier molecular flexibility index (Phi) is 3.55. The van der Waals surface area contributed by atoms with Crippen LogP contribution in [0.15, 0.2) is 35.0 Å². The fourth-order valence-corrected chi connectivity index (χ4v) is 1.88. The van der Waals surface area contributed by atoms with E-state index in [9.17, 15) is 0 Å². The zero-order valence-corrected chi connectivity index (χ0v) is 11.3. The second kappa shape index (κ2) is 5.12. The predicted molar refractivity (Wildman–Crippen MR) is 74.0 cm³/mol. The van der Waals surface area contributed by atoms with Crippen molar-refractivity contribution in [1.29, 1.82) is 0 Å². The maximum atomic E-state index is 5.62. The molecular formula is C14H19N3O. The highest BCUT2D eigenvalue weighted by atomic mass is 16.3. The summed E-state index contributed by atoms with van der Waals surface area (Å²) in [6.45, 7) is 4.02. The molecule has 0 amide bonds. The molecule has 0 radical (unpaired) electrons. The fraction of sp³-hybridized carbons (Fsp3) is 0.357. The Morgan fingerprint density at radius 3 is 2.67 bits per heavy atom. The molecule has 0 spiro atoms. The minimum absolute atomic E-state index is 0.113. The molecule has 1 N–H and O–H groups in total. The summed E-state index contributed by atoms with van der Waals surface area (Å²) < 4.78 is 5.62. The maximum Gasteiger partial charge on any atom is 0.126 e. The van der Waals surface area contributed by atoms with Crippen LogP contribution in [-0.2, 0) is 0 Å². The monoisotopic (exact) mass is 245 g/mol. The lowest BCUT2D eigenvalue weighted by Crippen LogP contribution is -2.14. The van der Waals surface area contributed by atoms with Gasteiger partial charge in [-0.05, 0) is 32.0 Å². The third-order valence-electron chi connectivity index (χ3n) is 2.84. The number of nitrogens with one attached hydrogen (secondary N) is 1. The van der Waals surface area contributed by atoms with Gasteiger partial charge in [0.15, 0.2) is 0 Å². The lowest BCUT2D eigenvalue weighted by atomic mass is 10.2. The molecule has 18 heavy (non-hydrogen) atoms. The smallest absolute Gasteiger partial charge is 0.126 e. The van der Waals surface area contributed by atoms with E-state index in [0.29, 0.717) is 0 Å². The molecule has 0 bridgehead atoms. The molecule has 2 aromatic rings. The third kappa shape index (κ3) is 2.64. The van der Waals surface area contributed by atoms with Crippen molar-refractivity contribution < 1.29 is 4.42 Å². The molecule has 0 aromatic carbocycles. The topological polar surface area (TPSA) is 41.3 Å². The first-order chi connectivity index (χ1) is 8.58. The second-order valence-electron chi connectivity index (χ2n) is 4.60. The van der Waals surface area contributed by atoms with Gasteiger partial charge in [0.2, 0.25) is 0 Å².